The van der Waals surface area contributed by atoms with Gasteiger partial charge in [0.15, 0.2) is 0 Å². The van der Waals surface area contributed by atoms with Gasteiger partial charge in [-0.1, -0.05) is 20.8 Å². The molecule has 1 rings (SSSR count). The number of rotatable bonds is 3. The van der Waals surface area contributed by atoms with E-state index in [0.29, 0.717) is 18.1 Å². The van der Waals surface area contributed by atoms with Crippen molar-refractivity contribution in [1.82, 2.24) is 10.2 Å². The van der Waals surface area contributed by atoms with Gasteiger partial charge in [-0.25, -0.2) is 0 Å². The highest BCUT2D eigenvalue weighted by Gasteiger charge is 2.25. The van der Waals surface area contributed by atoms with Gasteiger partial charge in [-0.2, -0.15) is 0 Å². The molecule has 1 fully saturated rings. The smallest absolute Gasteiger partial charge is 0.0446 e. The molecule has 2 N–H and O–H groups in total. The van der Waals surface area contributed by atoms with Gasteiger partial charge >= 0.3 is 0 Å². The molecule has 0 unspecified atom stereocenters. The summed E-state index contributed by atoms with van der Waals surface area (Å²) >= 11 is 0. The van der Waals surface area contributed by atoms with E-state index in [4.69, 9.17) is 5.11 Å². The average Bonchev–Trinajstić information content (AvgIpc) is 2.06. The van der Waals surface area contributed by atoms with E-state index in [1.807, 2.05) is 0 Å². The number of nitrogens with one attached hydrogen (secondary N) is 1. The highest BCUT2D eigenvalue weighted by atomic mass is 16.3. The zero-order valence-electron chi connectivity index (χ0n) is 9.71. The molecule has 0 amide bonds. The number of aliphatic hydroxyl groups is 1. The van der Waals surface area contributed by atoms with Crippen molar-refractivity contribution in [3.8, 4) is 0 Å². The highest BCUT2D eigenvalue weighted by Crippen LogP contribution is 2.18. The molecule has 3 heteroatoms. The highest BCUT2D eigenvalue weighted by molar-refractivity contribution is 4.82. The summed E-state index contributed by atoms with van der Waals surface area (Å²) in [6.45, 7) is 11.4. The third kappa shape index (κ3) is 3.95. The second kappa shape index (κ2) is 5.10. The first-order valence-corrected chi connectivity index (χ1v) is 5.58. The maximum atomic E-state index is 8.98. The number of nitrogens with zero attached hydrogens (tertiary/aromatic N) is 1. The first kappa shape index (κ1) is 12.0. The van der Waals surface area contributed by atoms with Gasteiger partial charge in [0, 0.05) is 38.8 Å². The fraction of sp³-hybridized carbons (Fsp3) is 1.00. The van der Waals surface area contributed by atoms with E-state index < -0.39 is 0 Å². The number of piperazine rings is 1. The molecule has 1 atom stereocenters. The van der Waals surface area contributed by atoms with E-state index in [9.17, 15) is 0 Å². The van der Waals surface area contributed by atoms with E-state index in [1.54, 1.807) is 0 Å². The summed E-state index contributed by atoms with van der Waals surface area (Å²) < 4.78 is 0. The minimum Gasteiger partial charge on any atom is -0.396 e. The monoisotopic (exact) mass is 200 g/mol. The molecule has 84 valence electrons. The van der Waals surface area contributed by atoms with Crippen LogP contribution >= 0.6 is 0 Å². The Morgan fingerprint density at radius 3 is 2.71 bits per heavy atom. The fourth-order valence-electron chi connectivity index (χ4n) is 2.05. The Bertz CT molecular complexity index is 163. The molecular formula is C11H24N2O. The zero-order valence-corrected chi connectivity index (χ0v) is 9.71. The van der Waals surface area contributed by atoms with Crippen LogP contribution in [-0.2, 0) is 0 Å². The number of hydrogen-bond donors (Lipinski definition) is 2. The Labute approximate surface area is 87.5 Å². The molecule has 0 aromatic carbocycles. The first-order valence-electron chi connectivity index (χ1n) is 5.58. The summed E-state index contributed by atoms with van der Waals surface area (Å²) in [4.78, 5) is 2.51. The van der Waals surface area contributed by atoms with Crippen LogP contribution in [0.4, 0.5) is 0 Å². The van der Waals surface area contributed by atoms with Gasteiger partial charge in [-0.15, -0.1) is 0 Å². The second-order valence-electron chi connectivity index (χ2n) is 5.40. The largest absolute Gasteiger partial charge is 0.396 e. The fourth-order valence-corrected chi connectivity index (χ4v) is 2.05. The Balaban J connectivity index is 2.45. The minimum atomic E-state index is 0.299. The normalized spacial score (nSPS) is 25.3. The lowest BCUT2D eigenvalue weighted by molar-refractivity contribution is 0.0941. The molecular weight excluding hydrogens is 176 g/mol. The summed E-state index contributed by atoms with van der Waals surface area (Å²) in [6.07, 6.45) is 0.892. The van der Waals surface area contributed by atoms with Crippen molar-refractivity contribution in [3.05, 3.63) is 0 Å². The lowest BCUT2D eigenvalue weighted by Gasteiger charge is -2.39. The van der Waals surface area contributed by atoms with Crippen LogP contribution in [0.3, 0.4) is 0 Å². The van der Waals surface area contributed by atoms with Crippen LogP contribution in [0.1, 0.15) is 27.2 Å². The van der Waals surface area contributed by atoms with Gasteiger partial charge in [0.2, 0.25) is 0 Å². The Morgan fingerprint density at radius 2 is 2.14 bits per heavy atom. The van der Waals surface area contributed by atoms with E-state index in [1.165, 1.54) is 0 Å². The Morgan fingerprint density at radius 1 is 1.43 bits per heavy atom. The first-order chi connectivity index (χ1) is 6.53. The van der Waals surface area contributed by atoms with Crippen molar-refractivity contribution in [2.45, 2.75) is 33.2 Å². The van der Waals surface area contributed by atoms with Crippen LogP contribution in [0, 0.1) is 5.41 Å². The molecule has 0 spiro atoms. The molecule has 1 heterocycles. The molecule has 0 saturated carbocycles. The third-order valence-corrected chi connectivity index (χ3v) is 2.61. The van der Waals surface area contributed by atoms with E-state index in [2.05, 4.69) is 31.0 Å². The molecule has 1 aliphatic rings. The van der Waals surface area contributed by atoms with Gasteiger partial charge in [-0.3, -0.25) is 4.90 Å². The summed E-state index contributed by atoms with van der Waals surface area (Å²) in [7, 11) is 0. The summed E-state index contributed by atoms with van der Waals surface area (Å²) in [6, 6.07) is 0.521. The lowest BCUT2D eigenvalue weighted by Crippen LogP contribution is -2.53. The lowest BCUT2D eigenvalue weighted by atomic mass is 9.94. The standard InChI is InChI=1S/C11H24N2O/c1-11(2,3)9-13-6-5-12-8-10(13)4-7-14/h10,12,14H,4-9H2,1-3H3/t10-/m1/s1. The topological polar surface area (TPSA) is 35.5 Å². The molecule has 0 radical (unpaired) electrons. The maximum Gasteiger partial charge on any atom is 0.0446 e. The maximum absolute atomic E-state index is 8.98. The predicted octanol–water partition coefficient (Wildman–Crippen LogP) is 0.689. The second-order valence-corrected chi connectivity index (χ2v) is 5.40. The summed E-state index contributed by atoms with van der Waals surface area (Å²) in [5.74, 6) is 0. The SMILES string of the molecule is CC(C)(C)CN1CCNC[C@H]1CCO. The zero-order chi connectivity index (χ0) is 10.6. The molecule has 3 nitrogen and oxygen atoms in total. The molecule has 0 aliphatic carbocycles. The Kier molecular flexibility index (Phi) is 4.35. The van der Waals surface area contributed by atoms with E-state index in [-0.39, 0.29) is 0 Å². The molecule has 0 aromatic heterocycles. The molecule has 1 aliphatic heterocycles. The van der Waals surface area contributed by atoms with Gasteiger partial charge in [-0.05, 0) is 11.8 Å². The van der Waals surface area contributed by atoms with Gasteiger partial charge < -0.3 is 10.4 Å². The quantitative estimate of drug-likeness (QED) is 0.703. The minimum absolute atomic E-state index is 0.299. The van der Waals surface area contributed by atoms with Crippen molar-refractivity contribution < 1.29 is 5.11 Å². The van der Waals surface area contributed by atoms with Crippen molar-refractivity contribution in [3.63, 3.8) is 0 Å². The van der Waals surface area contributed by atoms with Crippen molar-refractivity contribution in [2.75, 3.05) is 32.8 Å². The molecule has 14 heavy (non-hydrogen) atoms. The summed E-state index contributed by atoms with van der Waals surface area (Å²) in [5.41, 5.74) is 0.352. The van der Waals surface area contributed by atoms with Crippen LogP contribution in [0.25, 0.3) is 0 Å². The number of hydrogen-bond acceptors (Lipinski definition) is 3. The Hall–Kier alpha value is -0.120. The van der Waals surface area contributed by atoms with Gasteiger partial charge in [0.25, 0.3) is 0 Å². The molecule has 0 bridgehead atoms. The summed E-state index contributed by atoms with van der Waals surface area (Å²) in [5, 5.41) is 12.4. The van der Waals surface area contributed by atoms with Crippen LogP contribution < -0.4 is 5.32 Å². The van der Waals surface area contributed by atoms with Gasteiger partial charge in [0.1, 0.15) is 0 Å². The molecule has 1 saturated heterocycles. The van der Waals surface area contributed by atoms with Crippen LogP contribution in [0.15, 0.2) is 0 Å². The van der Waals surface area contributed by atoms with Crippen LogP contribution in [0.5, 0.6) is 0 Å². The average molecular weight is 200 g/mol. The third-order valence-electron chi connectivity index (χ3n) is 2.61. The van der Waals surface area contributed by atoms with E-state index >= 15 is 0 Å². The van der Waals surface area contributed by atoms with Crippen LogP contribution in [-0.4, -0.2) is 48.8 Å². The number of aliphatic hydroxyl groups excluding tert-OH is 1. The van der Waals surface area contributed by atoms with Crippen molar-refractivity contribution in [2.24, 2.45) is 5.41 Å². The van der Waals surface area contributed by atoms with Crippen molar-refractivity contribution in [1.29, 1.82) is 0 Å². The predicted molar refractivity (Wildman–Crippen MR) is 59.4 cm³/mol. The van der Waals surface area contributed by atoms with Crippen molar-refractivity contribution >= 4 is 0 Å². The van der Waals surface area contributed by atoms with E-state index in [0.717, 1.165) is 32.6 Å². The molecule has 0 aromatic rings. The van der Waals surface area contributed by atoms with Crippen LogP contribution in [0.2, 0.25) is 0 Å². The van der Waals surface area contributed by atoms with Gasteiger partial charge in [0.05, 0.1) is 0 Å².